The normalized spacial score (nSPS) is 11.4. The first-order valence-electron chi connectivity index (χ1n) is 14.2. The predicted molar refractivity (Wildman–Crippen MR) is 139 cm³/mol. The standard InChI is InChI=1S/C28H58N2O/c1-4-7-8-9-10-11-12-13-14-15-16-17-18-19-20-21-22-23-24-25-28(31)29-26-27-30(5-2)6-3/h4-27H2,1-3H3,(H,29,31). The fourth-order valence-electron chi connectivity index (χ4n) is 4.35. The van der Waals surface area contributed by atoms with E-state index in [1.54, 1.807) is 0 Å². The van der Waals surface area contributed by atoms with Gasteiger partial charge in [0, 0.05) is 19.5 Å². The predicted octanol–water partition coefficient (Wildman–Crippen LogP) is 8.27. The first-order chi connectivity index (χ1) is 15.2. The molecule has 0 aliphatic heterocycles. The number of rotatable bonds is 25. The molecule has 0 saturated heterocycles. The van der Waals surface area contributed by atoms with Crippen LogP contribution in [0.3, 0.4) is 0 Å². The Labute approximate surface area is 196 Å². The van der Waals surface area contributed by atoms with Gasteiger partial charge in [0.2, 0.25) is 5.91 Å². The van der Waals surface area contributed by atoms with Crippen molar-refractivity contribution in [2.75, 3.05) is 26.2 Å². The highest BCUT2D eigenvalue weighted by Gasteiger charge is 2.03. The van der Waals surface area contributed by atoms with Crippen molar-refractivity contribution in [1.82, 2.24) is 10.2 Å². The van der Waals surface area contributed by atoms with Crippen LogP contribution in [0, 0.1) is 0 Å². The minimum Gasteiger partial charge on any atom is -0.355 e. The van der Waals surface area contributed by atoms with Crippen LogP contribution in [0.5, 0.6) is 0 Å². The zero-order chi connectivity index (χ0) is 22.8. The molecule has 31 heavy (non-hydrogen) atoms. The highest BCUT2D eigenvalue weighted by atomic mass is 16.1. The summed E-state index contributed by atoms with van der Waals surface area (Å²) in [5.41, 5.74) is 0. The molecule has 0 aromatic carbocycles. The lowest BCUT2D eigenvalue weighted by Crippen LogP contribution is -2.34. The van der Waals surface area contributed by atoms with E-state index in [1.807, 2.05) is 0 Å². The summed E-state index contributed by atoms with van der Waals surface area (Å²) in [5, 5.41) is 3.06. The molecule has 3 heteroatoms. The molecule has 0 aliphatic carbocycles. The van der Waals surface area contributed by atoms with E-state index in [2.05, 4.69) is 31.0 Å². The minimum absolute atomic E-state index is 0.235. The molecule has 0 bridgehead atoms. The molecular formula is C28H58N2O. The van der Waals surface area contributed by atoms with Crippen LogP contribution >= 0.6 is 0 Å². The van der Waals surface area contributed by atoms with Crippen molar-refractivity contribution < 1.29 is 4.79 Å². The highest BCUT2D eigenvalue weighted by molar-refractivity contribution is 5.75. The molecule has 186 valence electrons. The monoisotopic (exact) mass is 438 g/mol. The Hall–Kier alpha value is -0.570. The molecule has 1 amide bonds. The molecule has 0 spiro atoms. The molecular weight excluding hydrogens is 380 g/mol. The second-order valence-corrected chi connectivity index (χ2v) is 9.49. The number of likely N-dealkylation sites (N-methyl/N-ethyl adjacent to an activating group) is 1. The van der Waals surface area contributed by atoms with Crippen LogP contribution in [0.1, 0.15) is 149 Å². The minimum atomic E-state index is 0.235. The maximum atomic E-state index is 11.9. The van der Waals surface area contributed by atoms with Gasteiger partial charge in [0.25, 0.3) is 0 Å². The Bertz CT molecular complexity index is 355. The van der Waals surface area contributed by atoms with Gasteiger partial charge in [-0.2, -0.15) is 0 Å². The maximum Gasteiger partial charge on any atom is 0.220 e. The van der Waals surface area contributed by atoms with Crippen LogP contribution in [0.4, 0.5) is 0 Å². The molecule has 0 aliphatic rings. The lowest BCUT2D eigenvalue weighted by Gasteiger charge is -2.17. The Kier molecular flexibility index (Phi) is 25.2. The van der Waals surface area contributed by atoms with Crippen molar-refractivity contribution in [2.24, 2.45) is 0 Å². The van der Waals surface area contributed by atoms with E-state index in [-0.39, 0.29) is 5.91 Å². The van der Waals surface area contributed by atoms with Crippen LogP contribution in [0.25, 0.3) is 0 Å². The first kappa shape index (κ1) is 30.4. The summed E-state index contributed by atoms with van der Waals surface area (Å²) in [5.74, 6) is 0.235. The van der Waals surface area contributed by atoms with Crippen LogP contribution in [0.15, 0.2) is 0 Å². The molecule has 0 unspecified atom stereocenters. The largest absolute Gasteiger partial charge is 0.355 e. The van der Waals surface area contributed by atoms with Crippen molar-refractivity contribution in [3.8, 4) is 0 Å². The second-order valence-electron chi connectivity index (χ2n) is 9.49. The van der Waals surface area contributed by atoms with E-state index in [9.17, 15) is 4.79 Å². The average molecular weight is 439 g/mol. The number of carbonyl (C=O) groups excluding carboxylic acids is 1. The number of amides is 1. The number of carbonyl (C=O) groups is 1. The third-order valence-electron chi connectivity index (χ3n) is 6.65. The van der Waals surface area contributed by atoms with Gasteiger partial charge in [-0.3, -0.25) is 4.79 Å². The van der Waals surface area contributed by atoms with Gasteiger partial charge in [-0.1, -0.05) is 136 Å². The lowest BCUT2D eigenvalue weighted by molar-refractivity contribution is -0.121. The van der Waals surface area contributed by atoms with E-state index in [0.717, 1.165) is 32.6 Å². The number of hydrogen-bond donors (Lipinski definition) is 1. The molecule has 0 radical (unpaired) electrons. The van der Waals surface area contributed by atoms with Crippen molar-refractivity contribution >= 4 is 5.91 Å². The molecule has 3 nitrogen and oxygen atoms in total. The molecule has 0 fully saturated rings. The molecule has 0 atom stereocenters. The summed E-state index contributed by atoms with van der Waals surface area (Å²) in [6.45, 7) is 10.5. The zero-order valence-corrected chi connectivity index (χ0v) is 21.8. The summed E-state index contributed by atoms with van der Waals surface area (Å²) in [6.07, 6.45) is 27.2. The fourth-order valence-corrected chi connectivity index (χ4v) is 4.35. The van der Waals surface area contributed by atoms with Crippen molar-refractivity contribution in [2.45, 2.75) is 149 Å². The van der Waals surface area contributed by atoms with Crippen molar-refractivity contribution in [3.63, 3.8) is 0 Å². The molecule has 0 saturated carbocycles. The maximum absolute atomic E-state index is 11.9. The van der Waals surface area contributed by atoms with Gasteiger partial charge in [-0.25, -0.2) is 0 Å². The van der Waals surface area contributed by atoms with Crippen LogP contribution in [-0.4, -0.2) is 37.0 Å². The van der Waals surface area contributed by atoms with Gasteiger partial charge < -0.3 is 10.2 Å². The number of nitrogens with one attached hydrogen (secondary N) is 1. The van der Waals surface area contributed by atoms with Crippen molar-refractivity contribution in [1.29, 1.82) is 0 Å². The van der Waals surface area contributed by atoms with Gasteiger partial charge in [-0.05, 0) is 19.5 Å². The Balaban J connectivity index is 3.16. The zero-order valence-electron chi connectivity index (χ0n) is 21.8. The second kappa shape index (κ2) is 25.7. The van der Waals surface area contributed by atoms with Crippen LogP contribution in [-0.2, 0) is 4.79 Å². The Morgan fingerprint density at radius 2 is 0.903 bits per heavy atom. The van der Waals surface area contributed by atoms with E-state index in [0.29, 0.717) is 6.42 Å². The summed E-state index contributed by atoms with van der Waals surface area (Å²) in [7, 11) is 0. The van der Waals surface area contributed by atoms with E-state index in [1.165, 1.54) is 116 Å². The van der Waals surface area contributed by atoms with E-state index < -0.39 is 0 Å². The molecule has 0 aromatic heterocycles. The smallest absolute Gasteiger partial charge is 0.220 e. The Morgan fingerprint density at radius 1 is 0.548 bits per heavy atom. The van der Waals surface area contributed by atoms with E-state index >= 15 is 0 Å². The summed E-state index contributed by atoms with van der Waals surface area (Å²) in [6, 6.07) is 0. The van der Waals surface area contributed by atoms with Gasteiger partial charge in [-0.15, -0.1) is 0 Å². The van der Waals surface area contributed by atoms with Crippen LogP contribution < -0.4 is 5.32 Å². The van der Waals surface area contributed by atoms with Crippen LogP contribution in [0.2, 0.25) is 0 Å². The molecule has 1 N–H and O–H groups in total. The number of unbranched alkanes of at least 4 members (excludes halogenated alkanes) is 18. The fraction of sp³-hybridized carbons (Fsp3) is 0.964. The van der Waals surface area contributed by atoms with Gasteiger partial charge in [0.05, 0.1) is 0 Å². The third kappa shape index (κ3) is 23.9. The Morgan fingerprint density at radius 3 is 1.26 bits per heavy atom. The summed E-state index contributed by atoms with van der Waals surface area (Å²) < 4.78 is 0. The lowest BCUT2D eigenvalue weighted by atomic mass is 10.0. The quantitative estimate of drug-likeness (QED) is 0.145. The van der Waals surface area contributed by atoms with Gasteiger partial charge in [0.15, 0.2) is 0 Å². The molecule has 0 heterocycles. The molecule has 0 aromatic rings. The molecule has 0 rings (SSSR count). The SMILES string of the molecule is CCCCCCCCCCCCCCCCCCCCCC(=O)NCCN(CC)CC. The highest BCUT2D eigenvalue weighted by Crippen LogP contribution is 2.14. The van der Waals surface area contributed by atoms with Gasteiger partial charge in [0.1, 0.15) is 0 Å². The number of nitrogens with zero attached hydrogens (tertiary/aromatic N) is 1. The topological polar surface area (TPSA) is 32.3 Å². The summed E-state index contributed by atoms with van der Waals surface area (Å²) in [4.78, 5) is 14.2. The van der Waals surface area contributed by atoms with Crippen molar-refractivity contribution in [3.05, 3.63) is 0 Å². The van der Waals surface area contributed by atoms with E-state index in [4.69, 9.17) is 0 Å². The average Bonchev–Trinajstić information content (AvgIpc) is 2.78. The third-order valence-corrected chi connectivity index (χ3v) is 6.65. The summed E-state index contributed by atoms with van der Waals surface area (Å²) >= 11 is 0. The van der Waals surface area contributed by atoms with Gasteiger partial charge >= 0.3 is 0 Å². The first-order valence-corrected chi connectivity index (χ1v) is 14.2. The number of hydrogen-bond acceptors (Lipinski definition) is 2.